The molecular formula is C20H21F3N2O2S. The molecule has 0 aromatic heterocycles. The Morgan fingerprint density at radius 2 is 1.57 bits per heavy atom. The van der Waals surface area contributed by atoms with Crippen LogP contribution >= 0.6 is 0 Å². The summed E-state index contributed by atoms with van der Waals surface area (Å²) in [5.74, 6) is 0. The second-order valence-electron chi connectivity index (χ2n) is 7.74. The monoisotopic (exact) mass is 410 g/mol. The van der Waals surface area contributed by atoms with Gasteiger partial charge in [0.1, 0.15) is 0 Å². The topological polar surface area (TPSA) is 40.6 Å². The summed E-state index contributed by atoms with van der Waals surface area (Å²) < 4.78 is 65.0. The van der Waals surface area contributed by atoms with Gasteiger partial charge >= 0.3 is 6.18 Å². The van der Waals surface area contributed by atoms with E-state index in [1.54, 1.807) is 34.6 Å². The number of nitrogens with zero attached hydrogens (tertiary/aromatic N) is 2. The Morgan fingerprint density at radius 1 is 0.929 bits per heavy atom. The highest BCUT2D eigenvalue weighted by molar-refractivity contribution is 7.89. The maximum absolute atomic E-state index is 12.8. The van der Waals surface area contributed by atoms with Crippen molar-refractivity contribution in [1.82, 2.24) is 9.21 Å². The fourth-order valence-corrected chi connectivity index (χ4v) is 5.75. The number of sulfonamides is 1. The average molecular weight is 410 g/mol. The molecule has 0 aliphatic carbocycles. The van der Waals surface area contributed by atoms with Gasteiger partial charge in [0.15, 0.2) is 0 Å². The lowest BCUT2D eigenvalue weighted by atomic mass is 9.79. The molecule has 150 valence electrons. The van der Waals surface area contributed by atoms with Gasteiger partial charge in [0.05, 0.1) is 10.5 Å². The smallest absolute Gasteiger partial charge is 0.298 e. The quantitative estimate of drug-likeness (QED) is 0.773. The van der Waals surface area contributed by atoms with Crippen LogP contribution < -0.4 is 0 Å². The molecule has 2 aliphatic rings. The lowest BCUT2D eigenvalue weighted by Gasteiger charge is -2.48. The molecule has 1 spiro atoms. The minimum atomic E-state index is -4.32. The van der Waals surface area contributed by atoms with Gasteiger partial charge in [-0.05, 0) is 36.2 Å². The molecule has 2 aliphatic heterocycles. The largest absolute Gasteiger partial charge is 0.416 e. The van der Waals surface area contributed by atoms with Crippen LogP contribution in [0.15, 0.2) is 59.5 Å². The van der Waals surface area contributed by atoms with Crippen LogP contribution in [0.5, 0.6) is 0 Å². The molecule has 2 saturated heterocycles. The number of rotatable bonds is 4. The van der Waals surface area contributed by atoms with E-state index >= 15 is 0 Å². The predicted octanol–water partition coefficient (Wildman–Crippen LogP) is 3.60. The van der Waals surface area contributed by atoms with Crippen molar-refractivity contribution >= 4 is 10.0 Å². The molecule has 0 N–H and O–H groups in total. The first-order valence-corrected chi connectivity index (χ1v) is 10.6. The first kappa shape index (κ1) is 19.4. The van der Waals surface area contributed by atoms with Gasteiger partial charge in [-0.1, -0.05) is 30.3 Å². The van der Waals surface area contributed by atoms with E-state index in [4.69, 9.17) is 0 Å². The molecular weight excluding hydrogens is 389 g/mol. The molecule has 2 heterocycles. The van der Waals surface area contributed by atoms with Crippen molar-refractivity contribution in [2.24, 2.45) is 5.41 Å². The predicted molar refractivity (Wildman–Crippen MR) is 99.0 cm³/mol. The summed E-state index contributed by atoms with van der Waals surface area (Å²) in [6, 6.07) is 13.7. The molecule has 2 fully saturated rings. The first-order chi connectivity index (χ1) is 13.2. The van der Waals surface area contributed by atoms with E-state index in [-0.39, 0.29) is 5.41 Å². The molecule has 2 aromatic rings. The third-order valence-corrected chi connectivity index (χ3v) is 7.45. The zero-order valence-corrected chi connectivity index (χ0v) is 16.0. The molecule has 28 heavy (non-hydrogen) atoms. The van der Waals surface area contributed by atoms with Gasteiger partial charge in [0.25, 0.3) is 0 Å². The van der Waals surface area contributed by atoms with Gasteiger partial charge in [-0.25, -0.2) is 8.42 Å². The molecule has 8 heteroatoms. The van der Waals surface area contributed by atoms with E-state index in [0.717, 1.165) is 37.2 Å². The maximum atomic E-state index is 12.8. The molecule has 0 radical (unpaired) electrons. The minimum absolute atomic E-state index is 0.0479. The SMILES string of the molecule is O=S(=O)(c1ccccc1)N1CCC2(CN(Cc3ccc(C(F)(F)F)cc3)C2)C1. The summed E-state index contributed by atoms with van der Waals surface area (Å²) in [4.78, 5) is 2.47. The van der Waals surface area contributed by atoms with Gasteiger partial charge < -0.3 is 0 Å². The Bertz CT molecular complexity index is 938. The summed E-state index contributed by atoms with van der Waals surface area (Å²) in [6.07, 6.45) is -3.51. The molecule has 0 bridgehead atoms. The number of likely N-dealkylation sites (tertiary alicyclic amines) is 1. The van der Waals surface area contributed by atoms with Crippen molar-refractivity contribution in [3.63, 3.8) is 0 Å². The number of alkyl halides is 3. The van der Waals surface area contributed by atoms with Crippen molar-refractivity contribution in [2.75, 3.05) is 26.2 Å². The second-order valence-corrected chi connectivity index (χ2v) is 9.68. The van der Waals surface area contributed by atoms with E-state index in [1.807, 2.05) is 0 Å². The Morgan fingerprint density at radius 3 is 2.18 bits per heavy atom. The van der Waals surface area contributed by atoms with Crippen molar-refractivity contribution < 1.29 is 21.6 Å². The molecule has 0 amide bonds. The van der Waals surface area contributed by atoms with E-state index in [0.29, 0.717) is 24.5 Å². The summed E-state index contributed by atoms with van der Waals surface area (Å²) in [5.41, 5.74) is 0.136. The zero-order valence-electron chi connectivity index (χ0n) is 15.2. The van der Waals surface area contributed by atoms with Crippen molar-refractivity contribution in [3.05, 3.63) is 65.7 Å². The summed E-state index contributed by atoms with van der Waals surface area (Å²) in [5, 5.41) is 0. The second kappa shape index (κ2) is 6.86. The lowest BCUT2D eigenvalue weighted by molar-refractivity contribution is -0.137. The van der Waals surface area contributed by atoms with E-state index in [1.165, 1.54) is 12.1 Å². The molecule has 2 aromatic carbocycles. The molecule has 0 atom stereocenters. The zero-order chi connectivity index (χ0) is 20.0. The minimum Gasteiger partial charge on any atom is -0.298 e. The maximum Gasteiger partial charge on any atom is 0.416 e. The van der Waals surface area contributed by atoms with E-state index in [2.05, 4.69) is 4.90 Å². The third kappa shape index (κ3) is 3.68. The standard InChI is InChI=1S/C20H21F3N2O2S/c21-20(22,23)17-8-6-16(7-9-17)12-24-13-19(14-24)10-11-25(15-19)28(26,27)18-4-2-1-3-5-18/h1-9H,10-15H2. The van der Waals surface area contributed by atoms with Crippen molar-refractivity contribution in [1.29, 1.82) is 0 Å². The third-order valence-electron chi connectivity index (χ3n) is 5.59. The van der Waals surface area contributed by atoms with Gasteiger partial charge in [0.2, 0.25) is 10.0 Å². The molecule has 4 rings (SSSR count). The van der Waals surface area contributed by atoms with Gasteiger partial charge in [-0.3, -0.25) is 4.90 Å². The first-order valence-electron chi connectivity index (χ1n) is 9.12. The molecule has 4 nitrogen and oxygen atoms in total. The molecule has 0 unspecified atom stereocenters. The molecule has 0 saturated carbocycles. The van der Waals surface area contributed by atoms with Crippen molar-refractivity contribution in [3.8, 4) is 0 Å². The van der Waals surface area contributed by atoms with Crippen LogP contribution in [0.1, 0.15) is 17.5 Å². The van der Waals surface area contributed by atoms with Crippen LogP contribution in [-0.4, -0.2) is 43.8 Å². The Labute approximate surface area is 162 Å². The van der Waals surface area contributed by atoms with Gasteiger partial charge in [-0.15, -0.1) is 0 Å². The van der Waals surface area contributed by atoms with Gasteiger partial charge in [0, 0.05) is 38.1 Å². The average Bonchev–Trinajstić information content (AvgIpc) is 3.08. The van der Waals surface area contributed by atoms with Crippen LogP contribution in [0.25, 0.3) is 0 Å². The van der Waals surface area contributed by atoms with Crippen LogP contribution in [0, 0.1) is 5.41 Å². The Hall–Kier alpha value is -1.90. The number of hydrogen-bond donors (Lipinski definition) is 0. The number of halogens is 3. The fourth-order valence-electron chi connectivity index (χ4n) is 4.17. The Kier molecular flexibility index (Phi) is 4.76. The fraction of sp³-hybridized carbons (Fsp3) is 0.400. The van der Waals surface area contributed by atoms with Crippen LogP contribution in [0.3, 0.4) is 0 Å². The Balaban J connectivity index is 1.35. The van der Waals surface area contributed by atoms with Crippen LogP contribution in [0.2, 0.25) is 0 Å². The highest BCUT2D eigenvalue weighted by Gasteiger charge is 2.50. The number of hydrogen-bond acceptors (Lipinski definition) is 3. The van der Waals surface area contributed by atoms with Gasteiger partial charge in [-0.2, -0.15) is 17.5 Å². The summed E-state index contributed by atoms with van der Waals surface area (Å²) in [6.45, 7) is 3.09. The van der Waals surface area contributed by atoms with E-state index < -0.39 is 21.8 Å². The number of benzene rings is 2. The highest BCUT2D eigenvalue weighted by Crippen LogP contribution is 2.42. The highest BCUT2D eigenvalue weighted by atomic mass is 32.2. The van der Waals surface area contributed by atoms with Crippen molar-refractivity contribution in [2.45, 2.75) is 24.0 Å². The summed E-state index contributed by atoms with van der Waals surface area (Å²) in [7, 11) is -3.47. The summed E-state index contributed by atoms with van der Waals surface area (Å²) >= 11 is 0. The van der Waals surface area contributed by atoms with Crippen LogP contribution in [-0.2, 0) is 22.7 Å². The lowest BCUT2D eigenvalue weighted by Crippen LogP contribution is -2.57. The van der Waals surface area contributed by atoms with E-state index in [9.17, 15) is 21.6 Å². The van der Waals surface area contributed by atoms with Crippen LogP contribution in [0.4, 0.5) is 13.2 Å². The normalized spacial score (nSPS) is 20.4.